The van der Waals surface area contributed by atoms with E-state index in [1.807, 2.05) is 11.8 Å². The summed E-state index contributed by atoms with van der Waals surface area (Å²) in [6.45, 7) is 59.0. The van der Waals surface area contributed by atoms with Crippen molar-refractivity contribution in [1.82, 2.24) is 0 Å². The van der Waals surface area contributed by atoms with E-state index in [0.717, 1.165) is 56.0 Å². The molecule has 0 amide bonds. The summed E-state index contributed by atoms with van der Waals surface area (Å²) in [5.41, 5.74) is 24.9. The predicted octanol–water partition coefficient (Wildman–Crippen LogP) is 34.7. The lowest BCUT2D eigenvalue weighted by Gasteiger charge is -2.45. The molecular weight excluding hydrogens is 1590 g/mol. The number of rotatable bonds is 31. The third-order valence-corrected chi connectivity index (χ3v) is 37.5. The highest BCUT2D eigenvalue weighted by Gasteiger charge is 2.50. The molecule has 0 aliphatic heterocycles. The van der Waals surface area contributed by atoms with Gasteiger partial charge in [-0.05, 0) is 244 Å². The summed E-state index contributed by atoms with van der Waals surface area (Å²) >= 11 is 6.27. The topological polar surface area (TPSA) is 27.7 Å². The van der Waals surface area contributed by atoms with Gasteiger partial charge in [0.05, 0.1) is 39.6 Å². The lowest BCUT2D eigenvalue weighted by atomic mass is 9.61. The van der Waals surface area contributed by atoms with Crippen LogP contribution in [0.25, 0.3) is 0 Å². The van der Waals surface area contributed by atoms with E-state index in [2.05, 4.69) is 419 Å². The Morgan fingerprint density at radius 2 is 0.548 bits per heavy atom. The number of ether oxygens (including phenoxy) is 3. The second-order valence-corrected chi connectivity index (χ2v) is 47.0. The van der Waals surface area contributed by atoms with Crippen molar-refractivity contribution in [1.29, 1.82) is 0 Å². The van der Waals surface area contributed by atoms with E-state index in [1.165, 1.54) is 217 Å². The molecule has 9 aromatic carbocycles. The van der Waals surface area contributed by atoms with Crippen molar-refractivity contribution < 1.29 is 14.2 Å². The van der Waals surface area contributed by atoms with Gasteiger partial charge in [-0.2, -0.15) is 35.3 Å². The summed E-state index contributed by atoms with van der Waals surface area (Å²) in [5, 5.41) is 0. The number of hydrogen-bond acceptors (Lipinski definition) is 6. The Morgan fingerprint density at radius 3 is 0.897 bits per heavy atom. The third-order valence-electron chi connectivity index (χ3n) is 33.4. The van der Waals surface area contributed by atoms with Crippen LogP contribution in [0.2, 0.25) is 0 Å². The molecule has 3 nitrogen and oxygen atoms in total. The van der Waals surface area contributed by atoms with E-state index in [4.69, 9.17) is 14.2 Å². The molecule has 4 atom stereocenters. The Morgan fingerprint density at radius 1 is 0.262 bits per heavy atom. The van der Waals surface area contributed by atoms with Gasteiger partial charge in [-0.15, -0.1) is 0 Å². The van der Waals surface area contributed by atoms with Gasteiger partial charge >= 0.3 is 0 Å². The molecule has 686 valence electrons. The van der Waals surface area contributed by atoms with E-state index >= 15 is 0 Å². The molecule has 5 saturated carbocycles. The number of hydrogen-bond donors (Lipinski definition) is 0. The zero-order chi connectivity index (χ0) is 91.4. The van der Waals surface area contributed by atoms with Crippen LogP contribution >= 0.6 is 35.3 Å². The summed E-state index contributed by atoms with van der Waals surface area (Å²) in [7, 11) is 0. The van der Waals surface area contributed by atoms with Gasteiger partial charge in [0.15, 0.2) is 0 Å². The van der Waals surface area contributed by atoms with Crippen LogP contribution in [0.15, 0.2) is 237 Å². The van der Waals surface area contributed by atoms with Gasteiger partial charge in [0, 0.05) is 45.0 Å². The first-order chi connectivity index (χ1) is 59.8. The fourth-order valence-electron chi connectivity index (χ4n) is 20.6. The molecule has 9 aromatic rings. The molecule has 0 heterocycles. The Labute approximate surface area is 784 Å². The average Bonchev–Trinajstić information content (AvgIpc) is 1.49. The third kappa shape index (κ3) is 27.5. The van der Waals surface area contributed by atoms with Crippen LogP contribution in [-0.2, 0) is 67.5 Å². The summed E-state index contributed by atoms with van der Waals surface area (Å²) in [4.78, 5) is 0. The molecule has 0 unspecified atom stereocenters. The molecule has 14 rings (SSSR count). The van der Waals surface area contributed by atoms with Gasteiger partial charge in [0.25, 0.3) is 0 Å². The van der Waals surface area contributed by atoms with Gasteiger partial charge in [-0.25, -0.2) is 0 Å². The minimum Gasteiger partial charge on any atom is -0.376 e. The Balaban J connectivity index is 0.000000172. The number of benzene rings is 9. The van der Waals surface area contributed by atoms with Crippen molar-refractivity contribution in [3.05, 3.63) is 320 Å². The Bertz CT molecular complexity index is 4460. The first kappa shape index (κ1) is 104. The van der Waals surface area contributed by atoms with Gasteiger partial charge in [0.1, 0.15) is 0 Å². The lowest BCUT2D eigenvalue weighted by Crippen LogP contribution is -2.43. The lowest BCUT2D eigenvalue weighted by molar-refractivity contribution is -0.0216. The summed E-state index contributed by atoms with van der Waals surface area (Å²) < 4.78 is 18.4. The quantitative estimate of drug-likeness (QED) is 0.0430. The van der Waals surface area contributed by atoms with Crippen LogP contribution in [0.4, 0.5) is 0 Å². The SMILES string of the molecule is Cc1ccccc1COCC(C)(C)C1(C)CCCC1.Cc1ccccc1COC[C@](C)(c1ccccc1)C1(C)CCCC1.Cc1ccccc1COC[C@]1(C)CCCC1(C)C.Cc1ccccc1CSCC(C)(C)C1(C)CCCC1.Cc1ccccc1CSC[C@](C)(c1ccccc1)C(C)(C)C.Cc1ccccc1CSC[C@](C)(c1ccccc1)C1(C)CCCC1. The fourth-order valence-corrected chi connectivity index (χ4v) is 25.3. The zero-order valence-electron chi connectivity index (χ0n) is 83.4. The fraction of sp³-hybridized carbons (Fsp3) is 0.550. The Hall–Kier alpha value is -6.09. The highest BCUT2D eigenvalue weighted by atomic mass is 32.2. The summed E-state index contributed by atoms with van der Waals surface area (Å²) in [6, 6.07) is 85.0. The zero-order valence-corrected chi connectivity index (χ0v) is 85.8. The van der Waals surface area contributed by atoms with Crippen molar-refractivity contribution in [3.63, 3.8) is 0 Å². The molecule has 5 fully saturated rings. The van der Waals surface area contributed by atoms with E-state index in [-0.39, 0.29) is 27.1 Å². The van der Waals surface area contributed by atoms with Crippen molar-refractivity contribution in [3.8, 4) is 0 Å². The molecule has 0 N–H and O–H groups in total. The summed E-state index contributed by atoms with van der Waals surface area (Å²) in [6.07, 6.45) is 26.0. The van der Waals surface area contributed by atoms with Gasteiger partial charge in [-0.1, -0.05) is 412 Å². The molecule has 0 bridgehead atoms. The minimum absolute atomic E-state index is 0.0629. The van der Waals surface area contributed by atoms with Crippen LogP contribution in [-0.4, -0.2) is 37.1 Å². The van der Waals surface area contributed by atoms with E-state index in [0.29, 0.717) is 44.5 Å². The van der Waals surface area contributed by atoms with Crippen LogP contribution in [0.5, 0.6) is 0 Å². The monoisotopic (exact) mass is 1760 g/mol. The normalized spacial score (nSPS) is 19.3. The Kier molecular flexibility index (Phi) is 38.9. The highest BCUT2D eigenvalue weighted by molar-refractivity contribution is 7.99. The predicted molar refractivity (Wildman–Crippen MR) is 555 cm³/mol. The number of aryl methyl sites for hydroxylation is 6. The van der Waals surface area contributed by atoms with Crippen molar-refractivity contribution in [2.75, 3.05) is 37.1 Å². The molecular formula is C120H170O3S3. The van der Waals surface area contributed by atoms with E-state index < -0.39 is 0 Å². The van der Waals surface area contributed by atoms with E-state index in [9.17, 15) is 0 Å². The molecule has 5 aliphatic carbocycles. The first-order valence-corrected chi connectivity index (χ1v) is 52.2. The maximum Gasteiger partial charge on any atom is 0.0719 e. The molecule has 0 spiro atoms. The van der Waals surface area contributed by atoms with Crippen molar-refractivity contribution >= 4 is 35.3 Å². The maximum atomic E-state index is 6.30. The van der Waals surface area contributed by atoms with Crippen molar-refractivity contribution in [2.24, 2.45) is 48.7 Å². The average molecular weight is 1760 g/mol. The largest absolute Gasteiger partial charge is 0.376 e. The van der Waals surface area contributed by atoms with E-state index in [1.54, 1.807) is 0 Å². The van der Waals surface area contributed by atoms with Crippen LogP contribution in [0.3, 0.4) is 0 Å². The highest BCUT2D eigenvalue weighted by Crippen LogP contribution is 2.58. The van der Waals surface area contributed by atoms with Crippen LogP contribution < -0.4 is 0 Å². The molecule has 0 saturated heterocycles. The molecule has 6 heteroatoms. The van der Waals surface area contributed by atoms with Gasteiger partial charge in [-0.3, -0.25) is 0 Å². The second-order valence-electron chi connectivity index (χ2n) is 44.0. The minimum atomic E-state index is 0.0629. The molecule has 5 aliphatic rings. The molecule has 0 aromatic heterocycles. The van der Waals surface area contributed by atoms with Gasteiger partial charge in [0.2, 0.25) is 0 Å². The smallest absolute Gasteiger partial charge is 0.0719 e. The maximum absolute atomic E-state index is 6.30. The summed E-state index contributed by atoms with van der Waals surface area (Å²) in [5.74, 6) is 6.97. The molecule has 0 radical (unpaired) electrons. The van der Waals surface area contributed by atoms with Crippen LogP contribution in [0.1, 0.15) is 323 Å². The molecule has 126 heavy (non-hydrogen) atoms. The second kappa shape index (κ2) is 47.3. The first-order valence-electron chi connectivity index (χ1n) is 48.7. The standard InChI is InChI=1S/C23H30O.C23H30S.C21H28S.C18H28O.C18H28S.C17H26O/c2*1-19-11-7-8-12-20(19)17-24-18-23(3,21-13-5-4-6-14-21)22(2)15-9-10-16-22;1-17-11-9-10-12-18(17)15-22-16-21(5,20(2,3)4)19-13-7-6-8-14-19;2*1-15-9-5-6-10-16(15)13-19-14-17(2,3)18(4)11-7-8-12-18;1-14-8-5-6-9-15(14)12-18-13-17(4)11-7-10-16(17,2)3/h2*4-8,11-14H,9-10,15-18H2,1-3H3;6-14H,15-16H2,1-5H3;2*5-6,9-10H,7-8,11-14H2,1-4H3;5-6,8-9H,7,10-13H2,1-4H3/t2*23-;21-;;;17-/m111..0/s1. The number of thioether (sulfide) groups is 3. The van der Waals surface area contributed by atoms with Crippen molar-refractivity contribution in [2.45, 2.75) is 335 Å². The van der Waals surface area contributed by atoms with Gasteiger partial charge < -0.3 is 14.2 Å². The van der Waals surface area contributed by atoms with Crippen LogP contribution in [0, 0.1) is 90.3 Å².